The number of non-ortho nitro benzene ring substituents is 1. The molecular weight excluding hydrogens is 392 g/mol. The number of ether oxygens (including phenoxy) is 1. The summed E-state index contributed by atoms with van der Waals surface area (Å²) < 4.78 is 6.08. The maximum atomic E-state index is 12.4. The first-order valence-corrected chi connectivity index (χ1v) is 9.53. The van der Waals surface area contributed by atoms with Gasteiger partial charge in [0, 0.05) is 12.1 Å². The summed E-state index contributed by atoms with van der Waals surface area (Å²) in [6.07, 6.45) is 2.37. The van der Waals surface area contributed by atoms with E-state index in [1.54, 1.807) is 24.3 Å². The topological polar surface area (TPSA) is 118 Å². The fraction of sp³-hybridized carbons (Fsp3) is 0.150. The Bertz CT molecular complexity index is 1130. The van der Waals surface area contributed by atoms with Gasteiger partial charge in [-0.2, -0.15) is 5.26 Å². The Morgan fingerprint density at radius 1 is 1.34 bits per heavy atom. The Morgan fingerprint density at radius 3 is 2.76 bits per heavy atom. The van der Waals surface area contributed by atoms with E-state index in [2.05, 4.69) is 10.3 Å². The molecule has 0 spiro atoms. The average molecular weight is 408 g/mol. The Hall–Kier alpha value is -3.77. The molecule has 0 fully saturated rings. The molecule has 3 rings (SSSR count). The van der Waals surface area contributed by atoms with Gasteiger partial charge in [-0.25, -0.2) is 4.98 Å². The molecule has 0 unspecified atom stereocenters. The molecule has 0 bridgehead atoms. The number of carbonyl (C=O) groups is 1. The van der Waals surface area contributed by atoms with Crippen LogP contribution in [0, 0.1) is 21.4 Å². The highest BCUT2D eigenvalue weighted by Crippen LogP contribution is 2.29. The minimum atomic E-state index is -0.604. The summed E-state index contributed by atoms with van der Waals surface area (Å²) in [4.78, 5) is 27.0. The van der Waals surface area contributed by atoms with Crippen molar-refractivity contribution in [1.82, 2.24) is 4.98 Å². The molecule has 0 aliphatic heterocycles. The van der Waals surface area contributed by atoms with Crippen molar-refractivity contribution in [2.45, 2.75) is 13.3 Å². The number of anilines is 1. The zero-order valence-electron chi connectivity index (χ0n) is 15.4. The van der Waals surface area contributed by atoms with Gasteiger partial charge in [-0.05, 0) is 36.3 Å². The van der Waals surface area contributed by atoms with Crippen LogP contribution in [-0.2, 0) is 4.79 Å². The Morgan fingerprint density at radius 2 is 2.10 bits per heavy atom. The van der Waals surface area contributed by atoms with Crippen LogP contribution in [0.1, 0.15) is 18.9 Å². The number of nitrogens with zero attached hydrogens (tertiary/aromatic N) is 3. The first-order valence-electron chi connectivity index (χ1n) is 8.71. The second-order valence-corrected chi connectivity index (χ2v) is 7.00. The van der Waals surface area contributed by atoms with E-state index in [9.17, 15) is 20.2 Å². The number of hydrogen-bond donors (Lipinski definition) is 1. The summed E-state index contributed by atoms with van der Waals surface area (Å²) in [7, 11) is 0. The number of nitro benzene ring substituents is 1. The van der Waals surface area contributed by atoms with Gasteiger partial charge in [0.05, 0.1) is 21.7 Å². The van der Waals surface area contributed by atoms with Crippen molar-refractivity contribution >= 4 is 44.4 Å². The number of amides is 1. The molecule has 1 amide bonds. The summed E-state index contributed by atoms with van der Waals surface area (Å²) >= 11 is 1.10. The zero-order valence-corrected chi connectivity index (χ0v) is 16.2. The van der Waals surface area contributed by atoms with Gasteiger partial charge in [0.1, 0.15) is 17.4 Å². The summed E-state index contributed by atoms with van der Waals surface area (Å²) in [6.45, 7) is 2.63. The van der Waals surface area contributed by atoms with Gasteiger partial charge in [0.15, 0.2) is 5.13 Å². The highest BCUT2D eigenvalue weighted by molar-refractivity contribution is 7.22. The van der Waals surface area contributed by atoms with Crippen molar-refractivity contribution in [2.75, 3.05) is 11.9 Å². The molecule has 0 radical (unpaired) electrons. The standard InChI is InChI=1S/C20H16N4O4S/c1-2-9-28-16-6-3-13(4-7-16)10-14(12-21)19(25)23-20-22-17-8-5-15(24(26)27)11-18(17)29-20/h3-8,10-11H,2,9H2,1H3,(H,22,23,25)/b14-10+. The van der Waals surface area contributed by atoms with E-state index < -0.39 is 10.8 Å². The lowest BCUT2D eigenvalue weighted by atomic mass is 10.1. The summed E-state index contributed by atoms with van der Waals surface area (Å²) in [6, 6.07) is 13.2. The first kappa shape index (κ1) is 20.0. The van der Waals surface area contributed by atoms with Crippen molar-refractivity contribution in [3.05, 3.63) is 63.7 Å². The zero-order chi connectivity index (χ0) is 20.8. The lowest BCUT2D eigenvalue weighted by molar-refractivity contribution is -0.384. The van der Waals surface area contributed by atoms with Crippen molar-refractivity contribution < 1.29 is 14.5 Å². The van der Waals surface area contributed by atoms with Gasteiger partial charge < -0.3 is 4.74 Å². The number of hydrogen-bond acceptors (Lipinski definition) is 7. The largest absolute Gasteiger partial charge is 0.494 e. The Balaban J connectivity index is 1.75. The molecule has 0 aliphatic carbocycles. The fourth-order valence-corrected chi connectivity index (χ4v) is 3.33. The molecular formula is C20H16N4O4S. The van der Waals surface area contributed by atoms with Gasteiger partial charge in [0.25, 0.3) is 11.6 Å². The van der Waals surface area contributed by atoms with Crippen LogP contribution in [-0.4, -0.2) is 22.4 Å². The molecule has 9 heteroatoms. The monoisotopic (exact) mass is 408 g/mol. The van der Waals surface area contributed by atoms with Crippen molar-refractivity contribution in [3.8, 4) is 11.8 Å². The molecule has 0 saturated heterocycles. The molecule has 1 N–H and O–H groups in total. The molecule has 8 nitrogen and oxygen atoms in total. The van der Waals surface area contributed by atoms with Crippen LogP contribution in [0.2, 0.25) is 0 Å². The molecule has 3 aromatic rings. The van der Waals surface area contributed by atoms with E-state index in [4.69, 9.17) is 4.74 Å². The highest BCUT2D eigenvalue weighted by Gasteiger charge is 2.14. The Kier molecular flexibility index (Phi) is 6.16. The maximum absolute atomic E-state index is 12.4. The van der Waals surface area contributed by atoms with E-state index in [0.29, 0.717) is 22.4 Å². The highest BCUT2D eigenvalue weighted by atomic mass is 32.1. The predicted octanol–water partition coefficient (Wildman–Crippen LogP) is 4.54. The summed E-state index contributed by atoms with van der Waals surface area (Å²) in [5.41, 5.74) is 1.07. The number of nitrogens with one attached hydrogen (secondary N) is 1. The number of thiazole rings is 1. The van der Waals surface area contributed by atoms with Crippen LogP contribution in [0.5, 0.6) is 5.75 Å². The molecule has 2 aromatic carbocycles. The first-order chi connectivity index (χ1) is 14.0. The van der Waals surface area contributed by atoms with Crippen LogP contribution in [0.25, 0.3) is 16.3 Å². The molecule has 29 heavy (non-hydrogen) atoms. The van der Waals surface area contributed by atoms with Gasteiger partial charge in [0.2, 0.25) is 0 Å². The van der Waals surface area contributed by atoms with Crippen molar-refractivity contribution in [1.29, 1.82) is 5.26 Å². The number of aromatic nitrogens is 1. The minimum Gasteiger partial charge on any atom is -0.494 e. The van der Waals surface area contributed by atoms with Crippen molar-refractivity contribution in [2.24, 2.45) is 0 Å². The Labute approximate surface area is 170 Å². The van der Waals surface area contributed by atoms with Gasteiger partial charge in [-0.3, -0.25) is 20.2 Å². The second-order valence-electron chi connectivity index (χ2n) is 5.97. The number of nitro groups is 1. The second kappa shape index (κ2) is 8.95. The fourth-order valence-electron chi connectivity index (χ4n) is 2.44. The number of rotatable bonds is 7. The quantitative estimate of drug-likeness (QED) is 0.265. The van der Waals surface area contributed by atoms with E-state index in [1.807, 2.05) is 13.0 Å². The van der Waals surface area contributed by atoms with Crippen LogP contribution < -0.4 is 10.1 Å². The lowest BCUT2D eigenvalue weighted by Crippen LogP contribution is -2.13. The van der Waals surface area contributed by atoms with E-state index in [0.717, 1.165) is 23.5 Å². The normalized spacial score (nSPS) is 11.1. The molecule has 0 aliphatic rings. The smallest absolute Gasteiger partial charge is 0.270 e. The van der Waals surface area contributed by atoms with Gasteiger partial charge in [-0.1, -0.05) is 30.4 Å². The third-order valence-electron chi connectivity index (χ3n) is 3.83. The van der Waals surface area contributed by atoms with Crippen LogP contribution in [0.15, 0.2) is 48.0 Å². The maximum Gasteiger partial charge on any atom is 0.270 e. The number of fused-ring (bicyclic) bond motifs is 1. The van der Waals surface area contributed by atoms with Gasteiger partial charge >= 0.3 is 0 Å². The van der Waals surface area contributed by atoms with E-state index in [1.165, 1.54) is 24.3 Å². The number of carbonyl (C=O) groups excluding carboxylic acids is 1. The summed E-state index contributed by atoms with van der Waals surface area (Å²) in [5, 5.41) is 23.1. The molecule has 1 heterocycles. The molecule has 146 valence electrons. The van der Waals surface area contributed by atoms with E-state index in [-0.39, 0.29) is 16.4 Å². The number of nitriles is 1. The van der Waals surface area contributed by atoms with Crippen LogP contribution in [0.4, 0.5) is 10.8 Å². The SMILES string of the molecule is CCCOc1ccc(/C=C(\C#N)C(=O)Nc2nc3ccc([N+](=O)[O-])cc3s2)cc1. The molecule has 1 aromatic heterocycles. The average Bonchev–Trinajstić information content (AvgIpc) is 3.12. The van der Waals surface area contributed by atoms with Gasteiger partial charge in [-0.15, -0.1) is 0 Å². The lowest BCUT2D eigenvalue weighted by Gasteiger charge is -2.04. The number of benzene rings is 2. The van der Waals surface area contributed by atoms with E-state index >= 15 is 0 Å². The predicted molar refractivity (Wildman–Crippen MR) is 111 cm³/mol. The van der Waals surface area contributed by atoms with Crippen LogP contribution in [0.3, 0.4) is 0 Å². The minimum absolute atomic E-state index is 0.0528. The molecule has 0 atom stereocenters. The van der Waals surface area contributed by atoms with Crippen molar-refractivity contribution in [3.63, 3.8) is 0 Å². The summed E-state index contributed by atoms with van der Waals surface area (Å²) in [5.74, 6) is 0.114. The third kappa shape index (κ3) is 4.94. The molecule has 0 saturated carbocycles. The van der Waals surface area contributed by atoms with Crippen LogP contribution >= 0.6 is 11.3 Å². The third-order valence-corrected chi connectivity index (χ3v) is 4.77.